The number of aromatic nitrogens is 4. The summed E-state index contributed by atoms with van der Waals surface area (Å²) < 4.78 is 2.47. The summed E-state index contributed by atoms with van der Waals surface area (Å²) in [5, 5.41) is 2.52. The Labute approximate surface area is 337 Å². The molecule has 0 atom stereocenters. The fourth-order valence-electron chi connectivity index (χ4n) is 8.86. The molecule has 4 heteroatoms. The first-order chi connectivity index (χ1) is 28.5. The molecule has 0 radical (unpaired) electrons. The fourth-order valence-corrected chi connectivity index (χ4v) is 8.86. The van der Waals surface area contributed by atoms with Crippen molar-refractivity contribution < 1.29 is 0 Å². The summed E-state index contributed by atoms with van der Waals surface area (Å²) >= 11 is 0. The Morgan fingerprint density at radius 1 is 0.345 bits per heavy atom. The minimum Gasteiger partial charge on any atom is -0.309 e. The Morgan fingerprint density at radius 3 is 1.47 bits per heavy atom. The van der Waals surface area contributed by atoms with Gasteiger partial charge in [0, 0.05) is 32.9 Å². The molecule has 0 spiro atoms. The third-order valence-corrected chi connectivity index (χ3v) is 11.8. The summed E-state index contributed by atoms with van der Waals surface area (Å²) in [4.78, 5) is 15.4. The van der Waals surface area contributed by atoms with Crippen LogP contribution in [0.1, 0.15) is 25.0 Å². The summed E-state index contributed by atoms with van der Waals surface area (Å²) in [7, 11) is 0. The van der Waals surface area contributed by atoms with E-state index in [2.05, 4.69) is 200 Å². The minimum absolute atomic E-state index is 0.104. The van der Waals surface area contributed by atoms with Gasteiger partial charge in [-0.3, -0.25) is 0 Å². The minimum atomic E-state index is -0.104. The molecule has 0 saturated carbocycles. The van der Waals surface area contributed by atoms with Gasteiger partial charge in [0.1, 0.15) is 0 Å². The molecule has 10 aromatic rings. The number of para-hydroxylation sites is 2. The molecule has 4 nitrogen and oxygen atoms in total. The van der Waals surface area contributed by atoms with Crippen LogP contribution in [-0.4, -0.2) is 19.5 Å². The van der Waals surface area contributed by atoms with Crippen molar-refractivity contribution in [2.75, 3.05) is 0 Å². The van der Waals surface area contributed by atoms with E-state index in [4.69, 9.17) is 15.0 Å². The molecular formula is C54H38N4. The Bertz CT molecular complexity index is 3180. The van der Waals surface area contributed by atoms with E-state index in [1.54, 1.807) is 0 Å². The van der Waals surface area contributed by atoms with Gasteiger partial charge < -0.3 is 4.57 Å². The standard InChI is InChI=1S/C54H38N4/c1-54(2)46-23-9-10-25-49(46)58-48-31-30-41(34-45(48)44-22-13-24-47(54)50(44)58)40-19-12-21-43(33-40)53-56-51(38-28-26-37(27-29-38)35-14-5-3-6-15-35)55-52(57-53)42-20-11-18-39(32-42)36-16-7-4-8-17-36/h3-34H,1-2H3. The van der Waals surface area contributed by atoms with Gasteiger partial charge in [0.05, 0.1) is 16.7 Å². The molecular weight excluding hydrogens is 705 g/mol. The molecule has 58 heavy (non-hydrogen) atoms. The van der Waals surface area contributed by atoms with E-state index in [-0.39, 0.29) is 5.41 Å². The number of nitrogens with zero attached hydrogens (tertiary/aromatic N) is 4. The van der Waals surface area contributed by atoms with Crippen LogP contribution in [0.25, 0.3) is 95.0 Å². The average Bonchev–Trinajstić information content (AvgIpc) is 3.63. The van der Waals surface area contributed by atoms with Crippen molar-refractivity contribution in [3.05, 3.63) is 205 Å². The number of fused-ring (bicyclic) bond motifs is 5. The third kappa shape index (κ3) is 5.56. The van der Waals surface area contributed by atoms with Gasteiger partial charge in [-0.1, -0.05) is 178 Å². The fraction of sp³-hybridized carbons (Fsp3) is 0.0556. The molecule has 11 rings (SSSR count). The molecule has 0 unspecified atom stereocenters. The Morgan fingerprint density at radius 2 is 0.793 bits per heavy atom. The van der Waals surface area contributed by atoms with Gasteiger partial charge in [-0.25, -0.2) is 15.0 Å². The maximum atomic E-state index is 5.17. The van der Waals surface area contributed by atoms with Crippen molar-refractivity contribution in [3.8, 4) is 73.2 Å². The lowest BCUT2D eigenvalue weighted by Gasteiger charge is -2.34. The summed E-state index contributed by atoms with van der Waals surface area (Å²) in [6.07, 6.45) is 0. The lowest BCUT2D eigenvalue weighted by Crippen LogP contribution is -2.26. The van der Waals surface area contributed by atoms with Crippen LogP contribution in [0.2, 0.25) is 0 Å². The highest BCUT2D eigenvalue weighted by Gasteiger charge is 2.34. The number of benzene rings is 8. The maximum absolute atomic E-state index is 5.17. The summed E-state index contributed by atoms with van der Waals surface area (Å²) in [5.74, 6) is 1.90. The van der Waals surface area contributed by atoms with Crippen molar-refractivity contribution in [3.63, 3.8) is 0 Å². The van der Waals surface area contributed by atoms with Gasteiger partial charge in [0.2, 0.25) is 0 Å². The highest BCUT2D eigenvalue weighted by Crippen LogP contribution is 2.48. The van der Waals surface area contributed by atoms with E-state index in [0.717, 1.165) is 44.5 Å². The Hall–Kier alpha value is -7.43. The van der Waals surface area contributed by atoms with E-state index < -0.39 is 0 Å². The normalized spacial score (nSPS) is 12.8. The first-order valence-corrected chi connectivity index (χ1v) is 19.9. The van der Waals surface area contributed by atoms with Crippen molar-refractivity contribution in [1.29, 1.82) is 0 Å². The molecule has 0 bridgehead atoms. The smallest absolute Gasteiger partial charge is 0.164 e. The van der Waals surface area contributed by atoms with E-state index in [1.165, 1.54) is 44.2 Å². The molecule has 0 amide bonds. The lowest BCUT2D eigenvalue weighted by atomic mass is 9.75. The maximum Gasteiger partial charge on any atom is 0.164 e. The Balaban J connectivity index is 1.04. The van der Waals surface area contributed by atoms with E-state index in [1.807, 2.05) is 12.1 Å². The molecule has 3 heterocycles. The van der Waals surface area contributed by atoms with Gasteiger partial charge in [-0.2, -0.15) is 0 Å². The quantitative estimate of drug-likeness (QED) is 0.170. The summed E-state index contributed by atoms with van der Waals surface area (Å²) in [6.45, 7) is 4.69. The molecule has 0 aliphatic carbocycles. The average molecular weight is 743 g/mol. The monoisotopic (exact) mass is 742 g/mol. The van der Waals surface area contributed by atoms with Gasteiger partial charge in [-0.05, 0) is 74.8 Å². The van der Waals surface area contributed by atoms with Crippen molar-refractivity contribution in [1.82, 2.24) is 19.5 Å². The number of hydrogen-bond donors (Lipinski definition) is 0. The third-order valence-electron chi connectivity index (χ3n) is 11.8. The first-order valence-electron chi connectivity index (χ1n) is 19.9. The van der Waals surface area contributed by atoms with Crippen LogP contribution in [0.3, 0.4) is 0 Å². The van der Waals surface area contributed by atoms with Crippen LogP contribution in [0, 0.1) is 0 Å². The second-order valence-electron chi connectivity index (χ2n) is 15.7. The first kappa shape index (κ1) is 33.9. The van der Waals surface area contributed by atoms with E-state index >= 15 is 0 Å². The van der Waals surface area contributed by atoms with E-state index in [0.29, 0.717) is 17.5 Å². The lowest BCUT2D eigenvalue weighted by molar-refractivity contribution is 0.630. The van der Waals surface area contributed by atoms with Crippen LogP contribution in [0.5, 0.6) is 0 Å². The van der Waals surface area contributed by atoms with Crippen LogP contribution >= 0.6 is 0 Å². The van der Waals surface area contributed by atoms with Crippen molar-refractivity contribution >= 4 is 21.8 Å². The zero-order valence-corrected chi connectivity index (χ0v) is 32.3. The largest absolute Gasteiger partial charge is 0.309 e. The predicted octanol–water partition coefficient (Wildman–Crippen LogP) is 13.6. The van der Waals surface area contributed by atoms with Crippen LogP contribution in [0.4, 0.5) is 0 Å². The van der Waals surface area contributed by atoms with Gasteiger partial charge >= 0.3 is 0 Å². The SMILES string of the molecule is CC1(C)c2ccccc2-n2c3ccc(-c4cccc(-c5nc(-c6ccc(-c7ccccc7)cc6)nc(-c6cccc(-c7ccccc7)c6)n5)c4)cc3c3cccc1c32. The van der Waals surface area contributed by atoms with Crippen LogP contribution < -0.4 is 0 Å². The highest BCUT2D eigenvalue weighted by atomic mass is 15.0. The van der Waals surface area contributed by atoms with Crippen LogP contribution in [-0.2, 0) is 5.41 Å². The predicted molar refractivity (Wildman–Crippen MR) is 239 cm³/mol. The molecule has 0 saturated heterocycles. The molecule has 1 aliphatic rings. The van der Waals surface area contributed by atoms with Crippen molar-refractivity contribution in [2.45, 2.75) is 19.3 Å². The van der Waals surface area contributed by atoms with Gasteiger partial charge in [-0.15, -0.1) is 0 Å². The topological polar surface area (TPSA) is 43.6 Å². The van der Waals surface area contributed by atoms with Gasteiger partial charge in [0.15, 0.2) is 17.5 Å². The van der Waals surface area contributed by atoms with Crippen LogP contribution in [0.15, 0.2) is 194 Å². The summed E-state index contributed by atoms with van der Waals surface area (Å²) in [5.41, 5.74) is 16.0. The molecule has 1 aliphatic heterocycles. The second-order valence-corrected chi connectivity index (χ2v) is 15.7. The molecule has 0 N–H and O–H groups in total. The molecule has 0 fully saturated rings. The number of hydrogen-bond acceptors (Lipinski definition) is 3. The molecule has 2 aromatic heterocycles. The second kappa shape index (κ2) is 13.4. The number of rotatable bonds is 6. The zero-order chi connectivity index (χ0) is 38.8. The summed E-state index contributed by atoms with van der Waals surface area (Å²) in [6, 6.07) is 68.9. The molecule has 274 valence electrons. The van der Waals surface area contributed by atoms with Crippen molar-refractivity contribution in [2.24, 2.45) is 0 Å². The Kier molecular flexibility index (Phi) is 7.80. The highest BCUT2D eigenvalue weighted by molar-refractivity contribution is 6.12. The zero-order valence-electron chi connectivity index (χ0n) is 32.3. The van der Waals surface area contributed by atoms with E-state index in [9.17, 15) is 0 Å². The van der Waals surface area contributed by atoms with Gasteiger partial charge in [0.25, 0.3) is 0 Å². The molecule has 8 aromatic carbocycles.